The van der Waals surface area contributed by atoms with Gasteiger partial charge in [-0.3, -0.25) is 0 Å². The normalized spacial score (nSPS) is 21.4. The molecule has 1 heterocycles. The summed E-state index contributed by atoms with van der Waals surface area (Å²) in [5.74, 6) is 0. The van der Waals surface area contributed by atoms with E-state index >= 15 is 0 Å². The maximum atomic E-state index is 3.43. The van der Waals surface area contributed by atoms with Gasteiger partial charge in [-0.25, -0.2) is 0 Å². The smallest absolute Gasteiger partial charge is 0.0229 e. The third-order valence-corrected chi connectivity index (χ3v) is 3.52. The van der Waals surface area contributed by atoms with Gasteiger partial charge in [0.05, 0.1) is 0 Å². The Labute approximate surface area is 95.4 Å². The highest BCUT2D eigenvalue weighted by Gasteiger charge is 2.17. The lowest BCUT2D eigenvalue weighted by molar-refractivity contribution is 0.251. The van der Waals surface area contributed by atoms with Gasteiger partial charge in [0, 0.05) is 12.6 Å². The van der Waals surface area contributed by atoms with Crippen LogP contribution in [0.15, 0.2) is 0 Å². The molecule has 0 aromatic carbocycles. The average molecular weight is 212 g/mol. The second kappa shape index (κ2) is 8.12. The Balaban J connectivity index is 1.90. The molecule has 0 aliphatic carbocycles. The molecule has 15 heavy (non-hydrogen) atoms. The van der Waals surface area contributed by atoms with Crippen LogP contribution in [0.25, 0.3) is 0 Å². The summed E-state index contributed by atoms with van der Waals surface area (Å²) in [4.78, 5) is 2.54. The minimum Gasteiger partial charge on any atom is -0.315 e. The van der Waals surface area contributed by atoms with Crippen molar-refractivity contribution in [1.82, 2.24) is 10.2 Å². The van der Waals surface area contributed by atoms with Gasteiger partial charge in [0.25, 0.3) is 0 Å². The first-order valence-corrected chi connectivity index (χ1v) is 6.75. The van der Waals surface area contributed by atoms with Crippen molar-refractivity contribution in [3.63, 3.8) is 0 Å². The van der Waals surface area contributed by atoms with Crippen molar-refractivity contribution in [2.75, 3.05) is 26.7 Å². The van der Waals surface area contributed by atoms with Crippen LogP contribution in [0.1, 0.15) is 51.9 Å². The zero-order valence-corrected chi connectivity index (χ0v) is 10.6. The predicted octanol–water partition coefficient (Wildman–Crippen LogP) is 2.64. The van der Waals surface area contributed by atoms with Gasteiger partial charge in [0.1, 0.15) is 0 Å². The molecule has 0 spiro atoms. The fraction of sp³-hybridized carbons (Fsp3) is 1.00. The summed E-state index contributed by atoms with van der Waals surface area (Å²) in [5.41, 5.74) is 0. The van der Waals surface area contributed by atoms with E-state index in [0.29, 0.717) is 0 Å². The number of hydrogen-bond donors (Lipinski definition) is 1. The Kier molecular flexibility index (Phi) is 7.03. The van der Waals surface area contributed by atoms with Crippen LogP contribution in [0.4, 0.5) is 0 Å². The molecule has 0 aromatic rings. The SMILES string of the molecule is CCCCCCCCN(C)C1CCNC1. The van der Waals surface area contributed by atoms with Gasteiger partial charge in [-0.2, -0.15) is 0 Å². The van der Waals surface area contributed by atoms with Crippen molar-refractivity contribution >= 4 is 0 Å². The Morgan fingerprint density at radius 1 is 1.13 bits per heavy atom. The molecule has 1 rings (SSSR count). The molecule has 0 aromatic heterocycles. The first kappa shape index (κ1) is 13.0. The minimum atomic E-state index is 0.806. The number of hydrogen-bond acceptors (Lipinski definition) is 2. The third-order valence-electron chi connectivity index (χ3n) is 3.52. The molecule has 0 amide bonds. The quantitative estimate of drug-likeness (QED) is 0.622. The predicted molar refractivity (Wildman–Crippen MR) is 67.3 cm³/mol. The minimum absolute atomic E-state index is 0.806. The van der Waals surface area contributed by atoms with Crippen molar-refractivity contribution in [1.29, 1.82) is 0 Å². The van der Waals surface area contributed by atoms with Crippen LogP contribution >= 0.6 is 0 Å². The van der Waals surface area contributed by atoms with Crippen LogP contribution in [-0.4, -0.2) is 37.6 Å². The van der Waals surface area contributed by atoms with E-state index in [1.807, 2.05) is 0 Å². The number of nitrogens with zero attached hydrogens (tertiary/aromatic N) is 1. The van der Waals surface area contributed by atoms with Crippen LogP contribution < -0.4 is 5.32 Å². The Morgan fingerprint density at radius 2 is 1.87 bits per heavy atom. The second-order valence-corrected chi connectivity index (χ2v) is 4.89. The monoisotopic (exact) mass is 212 g/mol. The van der Waals surface area contributed by atoms with Gasteiger partial charge in [0.2, 0.25) is 0 Å². The van der Waals surface area contributed by atoms with Gasteiger partial charge in [-0.15, -0.1) is 0 Å². The molecule has 2 nitrogen and oxygen atoms in total. The third kappa shape index (κ3) is 5.53. The molecule has 1 N–H and O–H groups in total. The first-order chi connectivity index (χ1) is 7.34. The van der Waals surface area contributed by atoms with E-state index in [1.165, 1.54) is 64.6 Å². The standard InChI is InChI=1S/C13H28N2/c1-3-4-5-6-7-8-11-15(2)13-9-10-14-12-13/h13-14H,3-12H2,1-2H3. The molecular weight excluding hydrogens is 184 g/mol. The fourth-order valence-electron chi connectivity index (χ4n) is 2.34. The highest BCUT2D eigenvalue weighted by Crippen LogP contribution is 2.09. The summed E-state index contributed by atoms with van der Waals surface area (Å²) in [5, 5.41) is 3.43. The number of likely N-dealkylation sites (N-methyl/N-ethyl adjacent to an activating group) is 1. The highest BCUT2D eigenvalue weighted by atomic mass is 15.2. The molecule has 90 valence electrons. The van der Waals surface area contributed by atoms with E-state index < -0.39 is 0 Å². The van der Waals surface area contributed by atoms with E-state index in [0.717, 1.165) is 6.04 Å². The van der Waals surface area contributed by atoms with Crippen molar-refractivity contribution in [2.45, 2.75) is 57.9 Å². The second-order valence-electron chi connectivity index (χ2n) is 4.89. The van der Waals surface area contributed by atoms with E-state index in [1.54, 1.807) is 0 Å². The average Bonchev–Trinajstić information content (AvgIpc) is 2.76. The summed E-state index contributed by atoms with van der Waals surface area (Å²) in [7, 11) is 2.28. The van der Waals surface area contributed by atoms with Crippen molar-refractivity contribution in [3.05, 3.63) is 0 Å². The topological polar surface area (TPSA) is 15.3 Å². The van der Waals surface area contributed by atoms with Crippen molar-refractivity contribution < 1.29 is 0 Å². The summed E-state index contributed by atoms with van der Waals surface area (Å²) in [6, 6.07) is 0.806. The molecule has 1 atom stereocenters. The van der Waals surface area contributed by atoms with Crippen molar-refractivity contribution in [3.8, 4) is 0 Å². The van der Waals surface area contributed by atoms with Gasteiger partial charge in [0.15, 0.2) is 0 Å². The Bertz CT molecular complexity index is 141. The lowest BCUT2D eigenvalue weighted by atomic mass is 10.1. The zero-order chi connectivity index (χ0) is 10.9. The first-order valence-electron chi connectivity index (χ1n) is 6.75. The van der Waals surface area contributed by atoms with Gasteiger partial charge >= 0.3 is 0 Å². The zero-order valence-electron chi connectivity index (χ0n) is 10.6. The van der Waals surface area contributed by atoms with Crippen LogP contribution in [0.5, 0.6) is 0 Å². The van der Waals surface area contributed by atoms with E-state index in [2.05, 4.69) is 24.2 Å². The number of nitrogens with one attached hydrogen (secondary N) is 1. The number of rotatable bonds is 8. The number of unbranched alkanes of at least 4 members (excludes halogenated alkanes) is 5. The summed E-state index contributed by atoms with van der Waals surface area (Å²) in [6.45, 7) is 5.98. The molecule has 0 saturated carbocycles. The van der Waals surface area contributed by atoms with Gasteiger partial charge in [-0.05, 0) is 33.0 Å². The Hall–Kier alpha value is -0.0800. The largest absolute Gasteiger partial charge is 0.315 e. The van der Waals surface area contributed by atoms with Crippen LogP contribution in [0, 0.1) is 0 Å². The molecule has 0 radical (unpaired) electrons. The molecule has 2 heteroatoms. The molecule has 0 bridgehead atoms. The molecule has 1 unspecified atom stereocenters. The maximum absolute atomic E-state index is 3.43. The van der Waals surface area contributed by atoms with Crippen LogP contribution in [0.3, 0.4) is 0 Å². The van der Waals surface area contributed by atoms with Crippen molar-refractivity contribution in [2.24, 2.45) is 0 Å². The van der Waals surface area contributed by atoms with E-state index in [4.69, 9.17) is 0 Å². The van der Waals surface area contributed by atoms with E-state index in [-0.39, 0.29) is 0 Å². The van der Waals surface area contributed by atoms with Crippen LogP contribution in [-0.2, 0) is 0 Å². The van der Waals surface area contributed by atoms with Crippen LogP contribution in [0.2, 0.25) is 0 Å². The molecule has 1 aliphatic rings. The summed E-state index contributed by atoms with van der Waals surface area (Å²) < 4.78 is 0. The summed E-state index contributed by atoms with van der Waals surface area (Å²) >= 11 is 0. The Morgan fingerprint density at radius 3 is 2.53 bits per heavy atom. The van der Waals surface area contributed by atoms with E-state index in [9.17, 15) is 0 Å². The molecular formula is C13H28N2. The highest BCUT2D eigenvalue weighted by molar-refractivity contribution is 4.78. The molecule has 1 fully saturated rings. The molecule has 1 aliphatic heterocycles. The molecule has 1 saturated heterocycles. The lowest BCUT2D eigenvalue weighted by Crippen LogP contribution is -2.34. The lowest BCUT2D eigenvalue weighted by Gasteiger charge is -2.23. The maximum Gasteiger partial charge on any atom is 0.0229 e. The van der Waals surface area contributed by atoms with Gasteiger partial charge in [-0.1, -0.05) is 39.0 Å². The summed E-state index contributed by atoms with van der Waals surface area (Å²) in [6.07, 6.45) is 9.79. The van der Waals surface area contributed by atoms with Gasteiger partial charge < -0.3 is 10.2 Å². The fourth-order valence-corrected chi connectivity index (χ4v) is 2.34.